The lowest BCUT2D eigenvalue weighted by atomic mass is 10.1. The number of carbonyl (C=O) groups excluding carboxylic acids is 1. The first-order valence-electron chi connectivity index (χ1n) is 7.10. The van der Waals surface area contributed by atoms with Crippen LogP contribution < -0.4 is 14.8 Å². The van der Waals surface area contributed by atoms with Gasteiger partial charge in [0.2, 0.25) is 5.91 Å². The Morgan fingerprint density at radius 2 is 1.86 bits per heavy atom. The van der Waals surface area contributed by atoms with E-state index in [1.54, 1.807) is 12.1 Å². The molecule has 0 bridgehead atoms. The van der Waals surface area contributed by atoms with Gasteiger partial charge in [0.1, 0.15) is 18.5 Å². The normalized spacial score (nSPS) is 16.1. The van der Waals surface area contributed by atoms with E-state index in [1.807, 2.05) is 24.3 Å². The van der Waals surface area contributed by atoms with Crippen molar-refractivity contribution in [2.45, 2.75) is 12.5 Å². The number of hydrogen-bond donors (Lipinski definition) is 1. The molecular weight excluding hydrogens is 285 g/mol. The summed E-state index contributed by atoms with van der Waals surface area (Å²) in [4.78, 5) is 11.9. The maximum Gasteiger partial charge on any atom is 0.224 e. The van der Waals surface area contributed by atoms with Crippen LogP contribution in [0.4, 0.5) is 4.39 Å². The maximum absolute atomic E-state index is 12.8. The van der Waals surface area contributed by atoms with Gasteiger partial charge in [-0.2, -0.15) is 0 Å². The lowest BCUT2D eigenvalue weighted by Crippen LogP contribution is -2.41. The minimum absolute atomic E-state index is 0.130. The maximum atomic E-state index is 12.8. The Kier molecular flexibility index (Phi) is 4.23. The van der Waals surface area contributed by atoms with Crippen molar-refractivity contribution in [3.05, 3.63) is 59.9 Å². The number of amides is 1. The molecule has 5 heteroatoms. The van der Waals surface area contributed by atoms with Crippen LogP contribution >= 0.6 is 0 Å². The van der Waals surface area contributed by atoms with Crippen LogP contribution in [-0.4, -0.2) is 25.2 Å². The van der Waals surface area contributed by atoms with Gasteiger partial charge in [-0.25, -0.2) is 4.39 Å². The van der Waals surface area contributed by atoms with E-state index in [0.717, 1.165) is 11.3 Å². The molecule has 4 nitrogen and oxygen atoms in total. The molecule has 1 aliphatic heterocycles. The lowest BCUT2D eigenvalue weighted by Gasteiger charge is -2.26. The van der Waals surface area contributed by atoms with Gasteiger partial charge in [-0.3, -0.25) is 4.79 Å². The molecule has 1 atom stereocenters. The Morgan fingerprint density at radius 3 is 2.64 bits per heavy atom. The predicted molar refractivity (Wildman–Crippen MR) is 79.5 cm³/mol. The average molecular weight is 301 g/mol. The van der Waals surface area contributed by atoms with E-state index in [2.05, 4.69) is 5.32 Å². The number of nitrogens with one attached hydrogen (secondary N) is 1. The minimum Gasteiger partial charge on any atom is -0.486 e. The van der Waals surface area contributed by atoms with E-state index in [4.69, 9.17) is 9.47 Å². The highest BCUT2D eigenvalue weighted by atomic mass is 19.1. The fraction of sp³-hybridized carbons (Fsp3) is 0.235. The van der Waals surface area contributed by atoms with Crippen molar-refractivity contribution >= 4 is 5.91 Å². The van der Waals surface area contributed by atoms with Crippen molar-refractivity contribution in [2.75, 3.05) is 13.2 Å². The fourth-order valence-electron chi connectivity index (χ4n) is 2.24. The summed E-state index contributed by atoms with van der Waals surface area (Å²) >= 11 is 0. The predicted octanol–water partition coefficient (Wildman–Crippen LogP) is 2.32. The Bertz CT molecular complexity index is 657. The van der Waals surface area contributed by atoms with Crippen molar-refractivity contribution in [1.82, 2.24) is 5.32 Å². The second-order valence-corrected chi connectivity index (χ2v) is 5.10. The molecule has 0 spiro atoms. The van der Waals surface area contributed by atoms with Crippen molar-refractivity contribution in [3.8, 4) is 11.5 Å². The molecule has 0 saturated heterocycles. The Hall–Kier alpha value is -2.56. The first-order valence-corrected chi connectivity index (χ1v) is 7.10. The Labute approximate surface area is 127 Å². The van der Waals surface area contributed by atoms with Crippen molar-refractivity contribution in [1.29, 1.82) is 0 Å². The summed E-state index contributed by atoms with van der Waals surface area (Å²) in [5, 5.41) is 2.81. The van der Waals surface area contributed by atoms with Gasteiger partial charge in [-0.15, -0.1) is 0 Å². The van der Waals surface area contributed by atoms with E-state index < -0.39 is 0 Å². The molecule has 1 amide bonds. The van der Waals surface area contributed by atoms with E-state index in [0.29, 0.717) is 18.9 Å². The van der Waals surface area contributed by atoms with Gasteiger partial charge < -0.3 is 14.8 Å². The van der Waals surface area contributed by atoms with Crippen LogP contribution in [0.15, 0.2) is 48.5 Å². The first-order chi connectivity index (χ1) is 10.7. The molecule has 114 valence electrons. The van der Waals surface area contributed by atoms with Gasteiger partial charge >= 0.3 is 0 Å². The number of hydrogen-bond acceptors (Lipinski definition) is 3. The zero-order chi connectivity index (χ0) is 15.4. The average Bonchev–Trinajstić information content (AvgIpc) is 2.55. The van der Waals surface area contributed by atoms with Gasteiger partial charge in [0.05, 0.1) is 13.0 Å². The highest BCUT2D eigenvalue weighted by Gasteiger charge is 2.20. The smallest absolute Gasteiger partial charge is 0.224 e. The molecule has 0 aromatic heterocycles. The largest absolute Gasteiger partial charge is 0.486 e. The second-order valence-electron chi connectivity index (χ2n) is 5.10. The van der Waals surface area contributed by atoms with Crippen LogP contribution in [0.1, 0.15) is 5.56 Å². The monoisotopic (exact) mass is 301 g/mol. The quantitative estimate of drug-likeness (QED) is 0.943. The first kappa shape index (κ1) is 14.4. The number of benzene rings is 2. The van der Waals surface area contributed by atoms with Crippen LogP contribution in [-0.2, 0) is 11.2 Å². The Morgan fingerprint density at radius 1 is 1.14 bits per heavy atom. The fourth-order valence-corrected chi connectivity index (χ4v) is 2.24. The second kappa shape index (κ2) is 6.47. The third kappa shape index (κ3) is 3.55. The van der Waals surface area contributed by atoms with Gasteiger partial charge in [0.15, 0.2) is 11.5 Å². The topological polar surface area (TPSA) is 47.6 Å². The molecule has 0 fully saturated rings. The third-order valence-corrected chi connectivity index (χ3v) is 3.37. The molecule has 0 radical (unpaired) electrons. The summed E-state index contributed by atoms with van der Waals surface area (Å²) in [7, 11) is 0. The minimum atomic E-state index is -0.310. The standard InChI is InChI=1S/C17H16FNO3/c18-13-7-5-12(6-8-13)9-17(20)19-10-14-11-21-15-3-1-2-4-16(15)22-14/h1-8,14H,9-11H2,(H,19,20). The van der Waals surface area contributed by atoms with Gasteiger partial charge in [-0.1, -0.05) is 24.3 Å². The summed E-state index contributed by atoms with van der Waals surface area (Å²) in [5.74, 6) is 0.965. The van der Waals surface area contributed by atoms with Gasteiger partial charge in [0.25, 0.3) is 0 Å². The molecular formula is C17H16FNO3. The molecule has 3 rings (SSSR count). The molecule has 22 heavy (non-hydrogen) atoms. The van der Waals surface area contributed by atoms with E-state index in [-0.39, 0.29) is 24.2 Å². The summed E-state index contributed by atoms with van der Waals surface area (Å²) in [5.41, 5.74) is 0.769. The Balaban J connectivity index is 1.49. The lowest BCUT2D eigenvalue weighted by molar-refractivity contribution is -0.120. The number of para-hydroxylation sites is 2. The number of halogens is 1. The summed E-state index contributed by atoms with van der Waals surface area (Å²) in [6.07, 6.45) is -0.00294. The zero-order valence-corrected chi connectivity index (χ0v) is 11.9. The molecule has 1 unspecified atom stereocenters. The molecule has 2 aromatic carbocycles. The van der Waals surface area contributed by atoms with Crippen LogP contribution in [0.25, 0.3) is 0 Å². The number of ether oxygens (including phenoxy) is 2. The molecule has 1 heterocycles. The summed E-state index contributed by atoms with van der Waals surface area (Å²) in [6, 6.07) is 13.3. The van der Waals surface area contributed by atoms with Gasteiger partial charge in [-0.05, 0) is 29.8 Å². The van der Waals surface area contributed by atoms with Crippen LogP contribution in [0.3, 0.4) is 0 Å². The molecule has 0 aliphatic carbocycles. The van der Waals surface area contributed by atoms with E-state index >= 15 is 0 Å². The molecule has 1 N–H and O–H groups in total. The van der Waals surface area contributed by atoms with Crippen LogP contribution in [0.2, 0.25) is 0 Å². The number of carbonyl (C=O) groups is 1. The molecule has 2 aromatic rings. The van der Waals surface area contributed by atoms with Crippen molar-refractivity contribution in [2.24, 2.45) is 0 Å². The molecule has 0 saturated carbocycles. The zero-order valence-electron chi connectivity index (χ0n) is 11.9. The number of fused-ring (bicyclic) bond motifs is 1. The van der Waals surface area contributed by atoms with Crippen LogP contribution in [0, 0.1) is 5.82 Å². The SMILES string of the molecule is O=C(Cc1ccc(F)cc1)NCC1COc2ccccc2O1. The summed E-state index contributed by atoms with van der Waals surface area (Å²) in [6.45, 7) is 0.766. The third-order valence-electron chi connectivity index (χ3n) is 3.37. The number of rotatable bonds is 4. The van der Waals surface area contributed by atoms with Crippen LogP contribution in [0.5, 0.6) is 11.5 Å². The molecule has 1 aliphatic rings. The highest BCUT2D eigenvalue weighted by molar-refractivity contribution is 5.78. The van der Waals surface area contributed by atoms with E-state index in [1.165, 1.54) is 12.1 Å². The van der Waals surface area contributed by atoms with Crippen molar-refractivity contribution < 1.29 is 18.7 Å². The van der Waals surface area contributed by atoms with Crippen molar-refractivity contribution in [3.63, 3.8) is 0 Å². The van der Waals surface area contributed by atoms with Gasteiger partial charge in [0, 0.05) is 0 Å². The van der Waals surface area contributed by atoms with E-state index in [9.17, 15) is 9.18 Å². The summed E-state index contributed by atoms with van der Waals surface area (Å²) < 4.78 is 24.1. The highest BCUT2D eigenvalue weighted by Crippen LogP contribution is 2.30.